The van der Waals surface area contributed by atoms with E-state index in [2.05, 4.69) is 21.2 Å². The number of piperazine rings is 1. The summed E-state index contributed by atoms with van der Waals surface area (Å²) < 4.78 is 27.3. The van der Waals surface area contributed by atoms with Gasteiger partial charge in [0.2, 0.25) is 0 Å². The molecular formula is C12H17BrCl2F2N2O. The van der Waals surface area contributed by atoms with E-state index in [9.17, 15) is 13.9 Å². The third kappa shape index (κ3) is 4.70. The minimum Gasteiger partial charge on any atom is -0.508 e. The molecule has 1 aliphatic heterocycles. The number of rotatable bonds is 3. The number of hydrogen-bond donors (Lipinski definition) is 2. The number of nitrogens with zero attached hydrogens (tertiary/aromatic N) is 1. The van der Waals surface area contributed by atoms with Crippen LogP contribution in [0.5, 0.6) is 5.75 Å². The standard InChI is InChI=1S/C12H15BrF2N2O.2ClH/c13-8-1-2-10(18)9(7-8)11(12(14)15)17-5-3-16-4-6-17;;/h1-2,7,11-12,16,18H,3-6H2;2*1H/t11-;;/m0../s1. The van der Waals surface area contributed by atoms with Crippen LogP contribution in [0.25, 0.3) is 0 Å². The second kappa shape index (κ2) is 9.00. The molecule has 1 aromatic rings. The van der Waals surface area contributed by atoms with E-state index in [1.165, 1.54) is 6.07 Å². The highest BCUT2D eigenvalue weighted by Crippen LogP contribution is 2.35. The molecule has 0 spiro atoms. The van der Waals surface area contributed by atoms with Gasteiger partial charge in [0.25, 0.3) is 6.43 Å². The summed E-state index contributed by atoms with van der Waals surface area (Å²) in [6.07, 6.45) is -2.52. The van der Waals surface area contributed by atoms with Crippen LogP contribution in [0, 0.1) is 0 Å². The van der Waals surface area contributed by atoms with Crippen molar-refractivity contribution in [2.45, 2.75) is 12.5 Å². The van der Waals surface area contributed by atoms with Gasteiger partial charge in [-0.1, -0.05) is 15.9 Å². The normalized spacial score (nSPS) is 17.2. The lowest BCUT2D eigenvalue weighted by Gasteiger charge is -2.34. The lowest BCUT2D eigenvalue weighted by molar-refractivity contribution is 0.0170. The molecule has 0 saturated carbocycles. The zero-order chi connectivity index (χ0) is 13.1. The molecule has 0 aliphatic carbocycles. The van der Waals surface area contributed by atoms with Crippen molar-refractivity contribution in [1.29, 1.82) is 0 Å². The number of benzene rings is 1. The lowest BCUT2D eigenvalue weighted by atomic mass is 10.0. The summed E-state index contributed by atoms with van der Waals surface area (Å²) in [5.74, 6) is -0.0815. The number of nitrogens with one attached hydrogen (secondary N) is 1. The van der Waals surface area contributed by atoms with Crippen molar-refractivity contribution in [1.82, 2.24) is 10.2 Å². The van der Waals surface area contributed by atoms with Crippen LogP contribution in [0.4, 0.5) is 8.78 Å². The first-order valence-electron chi connectivity index (χ1n) is 5.81. The molecule has 8 heteroatoms. The van der Waals surface area contributed by atoms with E-state index in [0.717, 1.165) is 0 Å². The fraction of sp³-hybridized carbons (Fsp3) is 0.500. The van der Waals surface area contributed by atoms with Crippen LogP contribution in [-0.4, -0.2) is 42.6 Å². The Balaban J connectivity index is 0.00000180. The van der Waals surface area contributed by atoms with E-state index in [1.807, 2.05) is 0 Å². The Kier molecular flexibility index (Phi) is 8.93. The van der Waals surface area contributed by atoms with Crippen molar-refractivity contribution in [3.8, 4) is 5.75 Å². The minimum absolute atomic E-state index is 0. The molecule has 20 heavy (non-hydrogen) atoms. The smallest absolute Gasteiger partial charge is 0.258 e. The maximum atomic E-state index is 13.3. The lowest BCUT2D eigenvalue weighted by Crippen LogP contribution is -2.46. The van der Waals surface area contributed by atoms with E-state index in [4.69, 9.17) is 0 Å². The number of aromatic hydroxyl groups is 1. The highest BCUT2D eigenvalue weighted by Gasteiger charge is 2.32. The molecule has 1 atom stereocenters. The molecule has 0 bridgehead atoms. The number of phenols is 1. The van der Waals surface area contributed by atoms with E-state index in [-0.39, 0.29) is 36.1 Å². The molecule has 1 heterocycles. The van der Waals surface area contributed by atoms with Crippen molar-refractivity contribution in [2.75, 3.05) is 26.2 Å². The molecule has 2 N–H and O–H groups in total. The van der Waals surface area contributed by atoms with Crippen LogP contribution in [0.1, 0.15) is 11.6 Å². The summed E-state index contributed by atoms with van der Waals surface area (Å²) in [4.78, 5) is 1.71. The average Bonchev–Trinajstić information content (AvgIpc) is 2.35. The number of phenolic OH excluding ortho intramolecular Hbond substituents is 1. The van der Waals surface area contributed by atoms with Gasteiger partial charge >= 0.3 is 0 Å². The Morgan fingerprint density at radius 2 is 1.80 bits per heavy atom. The maximum absolute atomic E-state index is 13.3. The molecule has 1 fully saturated rings. The third-order valence-corrected chi connectivity index (χ3v) is 3.59. The molecular weight excluding hydrogens is 377 g/mol. The average molecular weight is 394 g/mol. The second-order valence-corrected chi connectivity index (χ2v) is 5.18. The summed E-state index contributed by atoms with van der Waals surface area (Å²) in [6.45, 7) is 2.50. The quantitative estimate of drug-likeness (QED) is 0.827. The van der Waals surface area contributed by atoms with Crippen molar-refractivity contribution in [3.05, 3.63) is 28.2 Å². The van der Waals surface area contributed by atoms with Gasteiger partial charge in [-0.2, -0.15) is 0 Å². The van der Waals surface area contributed by atoms with Gasteiger partial charge in [0.05, 0.1) is 0 Å². The molecule has 3 nitrogen and oxygen atoms in total. The highest BCUT2D eigenvalue weighted by molar-refractivity contribution is 9.10. The topological polar surface area (TPSA) is 35.5 Å². The molecule has 0 unspecified atom stereocenters. The van der Waals surface area contributed by atoms with Gasteiger partial charge in [-0.3, -0.25) is 4.90 Å². The van der Waals surface area contributed by atoms with Gasteiger partial charge in [-0.05, 0) is 18.2 Å². The Hall–Kier alpha value is -0.140. The number of halogens is 5. The SMILES string of the molecule is Cl.Cl.Oc1ccc(Br)cc1[C@@H](C(F)F)N1CCNCC1. The second-order valence-electron chi connectivity index (χ2n) is 4.27. The van der Waals surface area contributed by atoms with Gasteiger partial charge in [-0.25, -0.2) is 8.78 Å². The van der Waals surface area contributed by atoms with Crippen molar-refractivity contribution in [3.63, 3.8) is 0 Å². The van der Waals surface area contributed by atoms with Crippen LogP contribution < -0.4 is 5.32 Å². The molecule has 1 aliphatic rings. The van der Waals surface area contributed by atoms with Crippen molar-refractivity contribution < 1.29 is 13.9 Å². The first-order valence-corrected chi connectivity index (χ1v) is 6.60. The van der Waals surface area contributed by atoms with Crippen LogP contribution in [0.15, 0.2) is 22.7 Å². The minimum atomic E-state index is -2.52. The Bertz CT molecular complexity index is 420. The van der Waals surface area contributed by atoms with E-state index in [0.29, 0.717) is 30.7 Å². The Morgan fingerprint density at radius 3 is 2.35 bits per heavy atom. The van der Waals surface area contributed by atoms with E-state index in [1.54, 1.807) is 17.0 Å². The number of alkyl halides is 2. The van der Waals surface area contributed by atoms with Gasteiger partial charge in [0, 0.05) is 36.2 Å². The predicted molar refractivity (Wildman–Crippen MR) is 83.5 cm³/mol. The Labute approximate surface area is 137 Å². The molecule has 2 rings (SSSR count). The zero-order valence-electron chi connectivity index (χ0n) is 10.6. The molecule has 116 valence electrons. The largest absolute Gasteiger partial charge is 0.508 e. The van der Waals surface area contributed by atoms with Gasteiger partial charge < -0.3 is 10.4 Å². The molecule has 0 radical (unpaired) electrons. The summed E-state index contributed by atoms with van der Waals surface area (Å²) >= 11 is 3.25. The summed E-state index contributed by atoms with van der Waals surface area (Å²) in [7, 11) is 0. The van der Waals surface area contributed by atoms with Gasteiger partial charge in [-0.15, -0.1) is 24.8 Å². The van der Waals surface area contributed by atoms with Crippen molar-refractivity contribution in [2.24, 2.45) is 0 Å². The molecule has 0 amide bonds. The summed E-state index contributed by atoms with van der Waals surface area (Å²) in [5, 5.41) is 12.9. The number of hydrogen-bond acceptors (Lipinski definition) is 3. The fourth-order valence-corrected chi connectivity index (χ4v) is 2.59. The van der Waals surface area contributed by atoms with Crippen LogP contribution in [-0.2, 0) is 0 Å². The molecule has 1 aromatic carbocycles. The highest BCUT2D eigenvalue weighted by atomic mass is 79.9. The molecule has 1 saturated heterocycles. The maximum Gasteiger partial charge on any atom is 0.258 e. The van der Waals surface area contributed by atoms with E-state index < -0.39 is 12.5 Å². The van der Waals surface area contributed by atoms with Crippen LogP contribution in [0.2, 0.25) is 0 Å². The monoisotopic (exact) mass is 392 g/mol. The first-order chi connectivity index (χ1) is 8.59. The molecule has 0 aromatic heterocycles. The van der Waals surface area contributed by atoms with Gasteiger partial charge in [0.15, 0.2) is 0 Å². The zero-order valence-corrected chi connectivity index (χ0v) is 13.8. The fourth-order valence-electron chi connectivity index (χ4n) is 2.21. The van der Waals surface area contributed by atoms with Gasteiger partial charge in [0.1, 0.15) is 11.8 Å². The van der Waals surface area contributed by atoms with Crippen molar-refractivity contribution >= 4 is 40.7 Å². The van der Waals surface area contributed by atoms with Crippen LogP contribution in [0.3, 0.4) is 0 Å². The third-order valence-electron chi connectivity index (χ3n) is 3.09. The summed E-state index contributed by atoms with van der Waals surface area (Å²) in [6, 6.07) is 3.59. The first kappa shape index (κ1) is 19.9. The predicted octanol–water partition coefficient (Wildman–Crippen LogP) is 3.21. The summed E-state index contributed by atoms with van der Waals surface area (Å²) in [5.41, 5.74) is 0.279. The Morgan fingerprint density at radius 1 is 1.20 bits per heavy atom. The van der Waals surface area contributed by atoms with E-state index >= 15 is 0 Å². The van der Waals surface area contributed by atoms with Crippen LogP contribution >= 0.6 is 40.7 Å².